The van der Waals surface area contributed by atoms with Crippen LogP contribution in [0, 0.1) is 5.82 Å². The van der Waals surface area contributed by atoms with E-state index >= 15 is 4.39 Å². The molecule has 0 amide bonds. The number of aromatic nitrogens is 3. The zero-order chi connectivity index (χ0) is 31.2. The van der Waals surface area contributed by atoms with E-state index in [-0.39, 0.29) is 67.8 Å². The summed E-state index contributed by atoms with van der Waals surface area (Å²) in [7, 11) is 1.69. The highest BCUT2D eigenvalue weighted by Gasteiger charge is 2.51. The van der Waals surface area contributed by atoms with Crippen molar-refractivity contribution in [2.75, 3.05) is 44.0 Å². The summed E-state index contributed by atoms with van der Waals surface area (Å²) >= 11 is 5.97. The molecule has 0 bridgehead atoms. The van der Waals surface area contributed by atoms with Crippen molar-refractivity contribution >= 4 is 34.0 Å². The Morgan fingerprint density at radius 2 is 1.89 bits per heavy atom. The minimum absolute atomic E-state index is 0.0105. The van der Waals surface area contributed by atoms with Crippen molar-refractivity contribution in [3.8, 4) is 23.1 Å². The molecule has 0 unspecified atom stereocenters. The van der Waals surface area contributed by atoms with Gasteiger partial charge in [0.05, 0.1) is 28.3 Å². The molecule has 5 heterocycles. The number of hydrogen-bond acceptors (Lipinski definition) is 8. The van der Waals surface area contributed by atoms with Crippen LogP contribution in [-0.4, -0.2) is 76.6 Å². The molecular formula is C29H29ClF6N6O2. The van der Waals surface area contributed by atoms with E-state index in [1.165, 1.54) is 0 Å². The molecule has 4 aliphatic rings. The van der Waals surface area contributed by atoms with Crippen LogP contribution in [0.4, 0.5) is 37.8 Å². The van der Waals surface area contributed by atoms with Gasteiger partial charge in [-0.25, -0.2) is 18.2 Å². The second-order valence-electron chi connectivity index (χ2n) is 12.3. The second-order valence-corrected chi connectivity index (χ2v) is 12.7. The summed E-state index contributed by atoms with van der Waals surface area (Å²) in [6, 6.07) is 1.62. The summed E-state index contributed by atoms with van der Waals surface area (Å²) in [5.74, 6) is -1.25. The molecule has 8 nitrogen and oxygen atoms in total. The molecule has 2 aromatic heterocycles. The van der Waals surface area contributed by atoms with E-state index in [1.54, 1.807) is 11.9 Å². The number of hydrogen-bond donors (Lipinski definition) is 1. The Morgan fingerprint density at radius 3 is 2.61 bits per heavy atom. The Bertz CT molecular complexity index is 1650. The highest BCUT2D eigenvalue weighted by Crippen LogP contribution is 2.50. The van der Waals surface area contributed by atoms with E-state index in [4.69, 9.17) is 26.8 Å². The number of nitrogen functional groups attached to an aromatic ring is 1. The topological polar surface area (TPSA) is 89.6 Å². The molecule has 15 heteroatoms. The van der Waals surface area contributed by atoms with Gasteiger partial charge in [-0.2, -0.15) is 23.1 Å². The first-order valence-electron chi connectivity index (χ1n) is 14.4. The third-order valence-electron chi connectivity index (χ3n) is 9.63. The molecular weight excluding hydrogens is 614 g/mol. The van der Waals surface area contributed by atoms with Crippen molar-refractivity contribution < 1.29 is 35.8 Å². The van der Waals surface area contributed by atoms with Gasteiger partial charge in [0.2, 0.25) is 5.88 Å². The summed E-state index contributed by atoms with van der Waals surface area (Å²) in [5.41, 5.74) is 1.33. The van der Waals surface area contributed by atoms with Gasteiger partial charge in [-0.3, -0.25) is 4.90 Å². The van der Waals surface area contributed by atoms with E-state index in [9.17, 15) is 22.0 Å². The van der Waals surface area contributed by atoms with Gasteiger partial charge in [0, 0.05) is 50.5 Å². The zero-order valence-electron chi connectivity index (χ0n) is 23.7. The highest BCUT2D eigenvalue weighted by atomic mass is 35.5. The number of ether oxygens (including phenoxy) is 2. The third-order valence-corrected chi connectivity index (χ3v) is 9.93. The van der Waals surface area contributed by atoms with E-state index in [0.29, 0.717) is 12.8 Å². The Morgan fingerprint density at radius 1 is 1.11 bits per heavy atom. The lowest BCUT2D eigenvalue weighted by Crippen LogP contribution is -2.58. The summed E-state index contributed by atoms with van der Waals surface area (Å²) in [4.78, 5) is 16.9. The fourth-order valence-corrected chi connectivity index (χ4v) is 7.75. The third kappa shape index (κ3) is 4.58. The van der Waals surface area contributed by atoms with Crippen molar-refractivity contribution in [3.63, 3.8) is 0 Å². The molecule has 1 aliphatic carbocycles. The molecule has 44 heavy (non-hydrogen) atoms. The van der Waals surface area contributed by atoms with Crippen LogP contribution in [0.3, 0.4) is 0 Å². The van der Waals surface area contributed by atoms with Crippen molar-refractivity contribution in [2.24, 2.45) is 0 Å². The fourth-order valence-electron chi connectivity index (χ4n) is 7.42. The second kappa shape index (κ2) is 10.1. The molecule has 0 radical (unpaired) electrons. The summed E-state index contributed by atoms with van der Waals surface area (Å²) in [6.45, 7) is 1.08. The lowest BCUT2D eigenvalue weighted by molar-refractivity contribution is -0.137. The number of pyridine rings is 1. The lowest BCUT2D eigenvalue weighted by Gasteiger charge is -2.51. The molecule has 3 fully saturated rings. The molecule has 1 saturated carbocycles. The number of nitrogens with zero attached hydrogens (tertiary/aromatic N) is 5. The number of halogens is 7. The number of rotatable bonds is 4. The monoisotopic (exact) mass is 642 g/mol. The van der Waals surface area contributed by atoms with Gasteiger partial charge in [-0.05, 0) is 31.5 Å². The largest absolute Gasteiger partial charge is 0.477 e. The van der Waals surface area contributed by atoms with Crippen molar-refractivity contribution in [2.45, 2.75) is 68.1 Å². The Hall–Kier alpha value is -3.26. The average Bonchev–Trinajstić information content (AvgIpc) is 3.44. The quantitative estimate of drug-likeness (QED) is 0.269. The fraction of sp³-hybridized carbons (Fsp3) is 0.552. The maximum atomic E-state index is 16.6. The van der Waals surface area contributed by atoms with Crippen LogP contribution in [0.25, 0.3) is 22.2 Å². The lowest BCUT2D eigenvalue weighted by atomic mass is 9.71. The van der Waals surface area contributed by atoms with Crippen LogP contribution < -0.4 is 20.1 Å². The van der Waals surface area contributed by atoms with E-state index in [1.807, 2.05) is 4.90 Å². The zero-order valence-corrected chi connectivity index (χ0v) is 24.4. The van der Waals surface area contributed by atoms with Crippen molar-refractivity contribution in [1.82, 2.24) is 19.9 Å². The smallest absolute Gasteiger partial charge is 0.418 e. The maximum absolute atomic E-state index is 16.6. The molecule has 2 N–H and O–H groups in total. The van der Waals surface area contributed by atoms with Crippen LogP contribution in [0.2, 0.25) is 5.02 Å². The minimum atomic E-state index is -4.97. The average molecular weight is 643 g/mol. The van der Waals surface area contributed by atoms with E-state index < -0.39 is 62.8 Å². The minimum Gasteiger partial charge on any atom is -0.477 e. The maximum Gasteiger partial charge on any atom is 0.418 e. The number of fused-ring (bicyclic) bond motifs is 1. The number of anilines is 2. The molecule has 1 aromatic carbocycles. The standard InChI is InChI=1S/C29H29ClF6N6O2/c1-41-24-19-23(39-26(40-24)44-13-28-3-2-5-42(28)12-15(32)11-28)21(33)22(17-7-16(37)8-18(30)20(17)29(34,35)36)38-25(19)43-6-4-27(41)9-14(31)10-27/h7-8,14-15H,2-6,9-13,37H2,1H3/t14?,15-,27?,28+/m1/s1. The molecule has 7 rings (SSSR count). The Kier molecular flexibility index (Phi) is 6.78. The SMILES string of the molecule is CN1c2nc(OC[C@@]34CCCN3C[C@H](F)C4)nc3c(F)c(-c4cc(N)cc(Cl)c4C(F)(F)F)nc(c23)OCCC12CC(F)C2. The van der Waals surface area contributed by atoms with E-state index in [2.05, 4.69) is 15.0 Å². The highest BCUT2D eigenvalue weighted by molar-refractivity contribution is 6.32. The van der Waals surface area contributed by atoms with Crippen LogP contribution in [0.15, 0.2) is 12.1 Å². The van der Waals surface area contributed by atoms with Crippen LogP contribution in [0.1, 0.15) is 44.1 Å². The summed E-state index contributed by atoms with van der Waals surface area (Å²) in [6.07, 6.45) is -4.47. The first kappa shape index (κ1) is 29.5. The van der Waals surface area contributed by atoms with Crippen molar-refractivity contribution in [3.05, 3.63) is 28.5 Å². The van der Waals surface area contributed by atoms with Gasteiger partial charge in [0.1, 0.15) is 41.4 Å². The van der Waals surface area contributed by atoms with Gasteiger partial charge in [0.15, 0.2) is 5.82 Å². The number of alkyl halides is 5. The van der Waals surface area contributed by atoms with Gasteiger partial charge in [-0.1, -0.05) is 11.6 Å². The molecule has 3 aliphatic heterocycles. The predicted octanol–water partition coefficient (Wildman–Crippen LogP) is 6.13. The van der Waals surface area contributed by atoms with Crippen LogP contribution >= 0.6 is 11.6 Å². The van der Waals surface area contributed by atoms with Gasteiger partial charge in [-0.15, -0.1) is 0 Å². The first-order valence-corrected chi connectivity index (χ1v) is 14.8. The van der Waals surface area contributed by atoms with Gasteiger partial charge >= 0.3 is 12.2 Å². The molecule has 3 aromatic rings. The van der Waals surface area contributed by atoms with Gasteiger partial charge in [0.25, 0.3) is 0 Å². The Labute approximate surface area is 253 Å². The number of benzene rings is 1. The predicted molar refractivity (Wildman–Crippen MR) is 151 cm³/mol. The molecule has 2 saturated heterocycles. The summed E-state index contributed by atoms with van der Waals surface area (Å²) < 4.78 is 99.7. The van der Waals surface area contributed by atoms with E-state index in [0.717, 1.165) is 25.1 Å². The summed E-state index contributed by atoms with van der Waals surface area (Å²) in [5, 5.41) is -0.711. The van der Waals surface area contributed by atoms with Crippen LogP contribution in [0.5, 0.6) is 11.9 Å². The van der Waals surface area contributed by atoms with Crippen LogP contribution in [-0.2, 0) is 6.18 Å². The number of nitrogens with two attached hydrogens (primary N) is 1. The van der Waals surface area contributed by atoms with Crippen molar-refractivity contribution in [1.29, 1.82) is 0 Å². The normalized spacial score (nSPS) is 28.5. The molecule has 2 atom stereocenters. The molecule has 1 spiro atoms. The van der Waals surface area contributed by atoms with Gasteiger partial charge < -0.3 is 20.1 Å². The Balaban J connectivity index is 1.42. The molecule has 236 valence electrons. The first-order chi connectivity index (χ1) is 20.8.